The first-order valence-corrected chi connectivity index (χ1v) is 11.0. The van der Waals surface area contributed by atoms with E-state index in [1.807, 2.05) is 6.92 Å². The first-order valence-electron chi connectivity index (χ1n) is 9.56. The molecule has 1 fully saturated rings. The summed E-state index contributed by atoms with van der Waals surface area (Å²) in [4.78, 5) is 15.8. The second-order valence-electron chi connectivity index (χ2n) is 7.30. The van der Waals surface area contributed by atoms with Crippen LogP contribution in [0.1, 0.15) is 42.8 Å². The van der Waals surface area contributed by atoms with Crippen molar-refractivity contribution in [3.8, 4) is 0 Å². The van der Waals surface area contributed by atoms with Crippen molar-refractivity contribution in [2.24, 2.45) is 0 Å². The molecule has 144 valence electrons. The number of nitrogens with zero attached hydrogens (tertiary/aromatic N) is 4. The quantitative estimate of drug-likeness (QED) is 0.863. The number of anilines is 1. The smallest absolute Gasteiger partial charge is 0.242 e. The minimum Gasteiger partial charge on any atom is -0.356 e. The maximum absolute atomic E-state index is 12.5. The number of hydrogen-bond donors (Lipinski definition) is 1. The average molecular weight is 388 g/mol. The number of rotatable bonds is 4. The molecular formula is C19H25N5O2S. The van der Waals surface area contributed by atoms with Crippen molar-refractivity contribution in [1.82, 2.24) is 19.7 Å². The maximum Gasteiger partial charge on any atom is 0.242 e. The Morgan fingerprint density at radius 3 is 2.67 bits per heavy atom. The van der Waals surface area contributed by atoms with Gasteiger partial charge < -0.3 is 4.90 Å². The Morgan fingerprint density at radius 2 is 1.93 bits per heavy atom. The topological polar surface area (TPSA) is 88.1 Å². The summed E-state index contributed by atoms with van der Waals surface area (Å²) in [6, 6.07) is 3.14. The van der Waals surface area contributed by atoms with Gasteiger partial charge in [0.2, 0.25) is 10.0 Å². The van der Waals surface area contributed by atoms with Crippen LogP contribution in [-0.4, -0.2) is 42.5 Å². The molecule has 1 saturated heterocycles. The summed E-state index contributed by atoms with van der Waals surface area (Å²) in [5.41, 5.74) is 2.49. The largest absolute Gasteiger partial charge is 0.356 e. The van der Waals surface area contributed by atoms with E-state index in [0.717, 1.165) is 50.4 Å². The summed E-state index contributed by atoms with van der Waals surface area (Å²) in [7, 11) is -3.52. The third kappa shape index (κ3) is 3.96. The molecule has 0 aromatic carbocycles. The summed E-state index contributed by atoms with van der Waals surface area (Å²) in [6.07, 6.45) is 8.93. The molecule has 2 aromatic rings. The second kappa shape index (κ2) is 7.52. The summed E-state index contributed by atoms with van der Waals surface area (Å²) in [5.74, 6) is 1.89. The van der Waals surface area contributed by atoms with Crippen LogP contribution in [0.3, 0.4) is 0 Å². The molecule has 3 heterocycles. The lowest BCUT2D eigenvalue weighted by Gasteiger charge is -2.35. The minimum atomic E-state index is -3.52. The van der Waals surface area contributed by atoms with Crippen molar-refractivity contribution < 1.29 is 8.42 Å². The van der Waals surface area contributed by atoms with Gasteiger partial charge in [0.15, 0.2) is 0 Å². The van der Waals surface area contributed by atoms with Gasteiger partial charge >= 0.3 is 0 Å². The summed E-state index contributed by atoms with van der Waals surface area (Å²) in [5, 5.41) is 0. The number of aryl methyl sites for hydroxylation is 2. The van der Waals surface area contributed by atoms with E-state index in [2.05, 4.69) is 19.6 Å². The van der Waals surface area contributed by atoms with Gasteiger partial charge in [-0.05, 0) is 57.6 Å². The third-order valence-corrected chi connectivity index (χ3v) is 6.84. The second-order valence-corrected chi connectivity index (χ2v) is 9.01. The van der Waals surface area contributed by atoms with E-state index in [0.29, 0.717) is 0 Å². The van der Waals surface area contributed by atoms with Gasteiger partial charge in [-0.3, -0.25) is 4.98 Å². The lowest BCUT2D eigenvalue weighted by atomic mass is 9.95. The number of hydrogen-bond acceptors (Lipinski definition) is 6. The van der Waals surface area contributed by atoms with E-state index < -0.39 is 10.0 Å². The van der Waals surface area contributed by atoms with E-state index in [1.165, 1.54) is 30.3 Å². The predicted octanol–water partition coefficient (Wildman–Crippen LogP) is 2.01. The third-order valence-electron chi connectivity index (χ3n) is 5.33. The molecule has 27 heavy (non-hydrogen) atoms. The zero-order chi connectivity index (χ0) is 18.9. The van der Waals surface area contributed by atoms with E-state index in [-0.39, 0.29) is 10.9 Å². The molecule has 1 aliphatic carbocycles. The first kappa shape index (κ1) is 18.3. The summed E-state index contributed by atoms with van der Waals surface area (Å²) >= 11 is 0. The fourth-order valence-corrected chi connectivity index (χ4v) is 5.23. The monoisotopic (exact) mass is 387 g/mol. The lowest BCUT2D eigenvalue weighted by molar-refractivity contribution is 0.456. The van der Waals surface area contributed by atoms with Crippen LogP contribution in [0.2, 0.25) is 0 Å². The zero-order valence-electron chi connectivity index (χ0n) is 15.6. The van der Waals surface area contributed by atoms with E-state index in [9.17, 15) is 8.42 Å². The van der Waals surface area contributed by atoms with Gasteiger partial charge in [0.1, 0.15) is 16.5 Å². The Kier molecular flexibility index (Phi) is 5.10. The molecule has 2 aromatic heterocycles. The highest BCUT2D eigenvalue weighted by Gasteiger charge is 2.28. The van der Waals surface area contributed by atoms with Crippen LogP contribution in [0, 0.1) is 6.92 Å². The molecule has 0 bridgehead atoms. The molecule has 0 radical (unpaired) electrons. The summed E-state index contributed by atoms with van der Waals surface area (Å²) < 4.78 is 27.8. The van der Waals surface area contributed by atoms with Crippen LogP contribution in [0.25, 0.3) is 0 Å². The molecule has 4 rings (SSSR count). The maximum atomic E-state index is 12.5. The number of piperidine rings is 1. The van der Waals surface area contributed by atoms with Crippen molar-refractivity contribution in [2.45, 2.75) is 56.4 Å². The van der Waals surface area contributed by atoms with Crippen molar-refractivity contribution >= 4 is 15.8 Å². The van der Waals surface area contributed by atoms with Crippen LogP contribution in [0.15, 0.2) is 29.4 Å². The molecule has 0 amide bonds. The van der Waals surface area contributed by atoms with Crippen molar-refractivity contribution in [2.75, 3.05) is 18.0 Å². The van der Waals surface area contributed by atoms with Crippen LogP contribution < -0.4 is 9.62 Å². The van der Waals surface area contributed by atoms with Gasteiger partial charge in [0.05, 0.1) is 0 Å². The van der Waals surface area contributed by atoms with E-state index in [1.54, 1.807) is 18.3 Å². The Bertz CT molecular complexity index is 909. The highest BCUT2D eigenvalue weighted by Crippen LogP contribution is 2.30. The van der Waals surface area contributed by atoms with Gasteiger partial charge in [-0.25, -0.2) is 23.1 Å². The molecule has 7 nitrogen and oxygen atoms in total. The fraction of sp³-hybridized carbons (Fsp3) is 0.526. The Labute approximate surface area is 160 Å². The van der Waals surface area contributed by atoms with Gasteiger partial charge in [0, 0.05) is 42.8 Å². The highest BCUT2D eigenvalue weighted by molar-refractivity contribution is 7.89. The fourth-order valence-electron chi connectivity index (χ4n) is 3.96. The van der Waals surface area contributed by atoms with E-state index >= 15 is 0 Å². The Hall–Kier alpha value is -2.06. The number of nitrogens with one attached hydrogen (secondary N) is 1. The molecule has 0 saturated carbocycles. The molecule has 0 spiro atoms. The van der Waals surface area contributed by atoms with Gasteiger partial charge in [-0.15, -0.1) is 0 Å². The zero-order valence-corrected chi connectivity index (χ0v) is 16.4. The SMILES string of the molecule is Cc1nc2c(c(N3CCC(NS(=O)(=O)c4cccnc4)CC3)n1)CCCC2. The minimum absolute atomic E-state index is 0.0646. The molecule has 0 unspecified atom stereocenters. The van der Waals surface area contributed by atoms with Crippen molar-refractivity contribution in [1.29, 1.82) is 0 Å². The molecule has 1 N–H and O–H groups in total. The molecule has 0 atom stereocenters. The summed E-state index contributed by atoms with van der Waals surface area (Å²) in [6.45, 7) is 3.54. The van der Waals surface area contributed by atoms with Crippen LogP contribution >= 0.6 is 0 Å². The van der Waals surface area contributed by atoms with Crippen LogP contribution in [0.5, 0.6) is 0 Å². The highest BCUT2D eigenvalue weighted by atomic mass is 32.2. The molecular weight excluding hydrogens is 362 g/mol. The van der Waals surface area contributed by atoms with Gasteiger partial charge in [-0.2, -0.15) is 0 Å². The number of sulfonamides is 1. The molecule has 8 heteroatoms. The molecule has 2 aliphatic rings. The molecule has 1 aliphatic heterocycles. The van der Waals surface area contributed by atoms with E-state index in [4.69, 9.17) is 4.98 Å². The normalized spacial score (nSPS) is 18.3. The van der Waals surface area contributed by atoms with Crippen LogP contribution in [0.4, 0.5) is 5.82 Å². The lowest BCUT2D eigenvalue weighted by Crippen LogP contribution is -2.45. The van der Waals surface area contributed by atoms with Crippen molar-refractivity contribution in [3.05, 3.63) is 41.6 Å². The predicted molar refractivity (Wildman–Crippen MR) is 103 cm³/mol. The number of fused-ring (bicyclic) bond motifs is 1. The average Bonchev–Trinajstić information content (AvgIpc) is 2.68. The Balaban J connectivity index is 1.45. The Morgan fingerprint density at radius 1 is 1.15 bits per heavy atom. The van der Waals surface area contributed by atoms with Crippen LogP contribution in [-0.2, 0) is 22.9 Å². The first-order chi connectivity index (χ1) is 13.0. The number of aromatic nitrogens is 3. The van der Waals surface area contributed by atoms with Gasteiger partial charge in [0.25, 0.3) is 0 Å². The standard InChI is InChI=1S/C19H25N5O2S/c1-14-21-18-7-3-2-6-17(18)19(22-14)24-11-8-15(9-12-24)23-27(25,26)16-5-4-10-20-13-16/h4-5,10,13,15,23H,2-3,6-9,11-12H2,1H3. The van der Waals surface area contributed by atoms with Crippen molar-refractivity contribution in [3.63, 3.8) is 0 Å². The number of pyridine rings is 1. The van der Waals surface area contributed by atoms with Gasteiger partial charge in [-0.1, -0.05) is 0 Å².